The Hall–Kier alpha value is -2.43. The number of ether oxygens (including phenoxy) is 1. The molecule has 10 heteroatoms. The lowest BCUT2D eigenvalue weighted by Crippen LogP contribution is -2.57. The second-order valence-corrected chi connectivity index (χ2v) is 10.4. The topological polar surface area (TPSA) is 111 Å². The molecule has 0 radical (unpaired) electrons. The summed E-state index contributed by atoms with van der Waals surface area (Å²) in [6.45, 7) is 9.42. The molecule has 0 aliphatic carbocycles. The van der Waals surface area contributed by atoms with Gasteiger partial charge in [-0.2, -0.15) is 0 Å². The van der Waals surface area contributed by atoms with Crippen molar-refractivity contribution in [1.82, 2.24) is 4.90 Å². The van der Waals surface area contributed by atoms with Crippen molar-refractivity contribution in [2.45, 2.75) is 42.8 Å². The highest BCUT2D eigenvalue weighted by molar-refractivity contribution is 9.09. The highest BCUT2D eigenvalue weighted by atomic mass is 79.9. The van der Waals surface area contributed by atoms with Crippen LogP contribution in [-0.4, -0.2) is 88.3 Å². The van der Waals surface area contributed by atoms with Crippen LogP contribution < -0.4 is 9.80 Å². The van der Waals surface area contributed by atoms with Crippen LogP contribution in [0.3, 0.4) is 0 Å². The van der Waals surface area contributed by atoms with Crippen molar-refractivity contribution >= 4 is 45.1 Å². The van der Waals surface area contributed by atoms with Gasteiger partial charge >= 0.3 is 5.97 Å². The molecule has 2 bridgehead atoms. The first-order chi connectivity index (χ1) is 16.7. The number of aliphatic carboxylic acids is 1. The monoisotopic (exact) mass is 549 g/mol. The van der Waals surface area contributed by atoms with E-state index in [-0.39, 0.29) is 30.4 Å². The van der Waals surface area contributed by atoms with Crippen molar-refractivity contribution in [2.24, 2.45) is 11.8 Å². The number of carbonyl (C=O) groups is 3. The molecule has 35 heavy (non-hydrogen) atoms. The van der Waals surface area contributed by atoms with Gasteiger partial charge in [0.1, 0.15) is 11.6 Å². The van der Waals surface area contributed by atoms with Crippen LogP contribution in [0.25, 0.3) is 0 Å². The second kappa shape index (κ2) is 9.91. The highest BCUT2D eigenvalue weighted by Crippen LogP contribution is 2.60. The lowest BCUT2D eigenvalue weighted by molar-refractivity contribution is -0.149. The molecule has 4 rings (SSSR count). The van der Waals surface area contributed by atoms with Gasteiger partial charge in [0, 0.05) is 42.4 Å². The second-order valence-electron chi connectivity index (χ2n) is 9.18. The predicted octanol–water partition coefficient (Wildman–Crippen LogP) is 1.88. The smallest absolute Gasteiger partial charge is 0.310 e. The molecule has 3 fully saturated rings. The van der Waals surface area contributed by atoms with E-state index in [0.717, 1.165) is 18.8 Å². The number of fused-ring (bicyclic) bond motifs is 1. The SMILES string of the molecule is C=CCN(C(=O)C1N(CCO)C(=O)[C@@H]2[C@@H](C(=O)O)[C@@H]3OC12CC3Br)c1ccc(N(CC)CC)cc1. The minimum absolute atomic E-state index is 0.0797. The number of carbonyl (C=O) groups excluding carboxylic acids is 2. The molecule has 1 spiro atoms. The molecule has 0 saturated carbocycles. The summed E-state index contributed by atoms with van der Waals surface area (Å²) in [5.41, 5.74) is 0.400. The Morgan fingerprint density at radius 2 is 1.89 bits per heavy atom. The summed E-state index contributed by atoms with van der Waals surface area (Å²) in [5, 5.41) is 19.6. The van der Waals surface area contributed by atoms with Gasteiger partial charge in [0.2, 0.25) is 5.91 Å². The number of halogens is 1. The fourth-order valence-electron chi connectivity index (χ4n) is 6.07. The maximum atomic E-state index is 14.2. The third-order valence-electron chi connectivity index (χ3n) is 7.52. The van der Waals surface area contributed by atoms with Crippen LogP contribution in [0.15, 0.2) is 36.9 Å². The number of benzene rings is 1. The summed E-state index contributed by atoms with van der Waals surface area (Å²) in [5.74, 6) is -3.99. The Morgan fingerprint density at radius 1 is 1.26 bits per heavy atom. The summed E-state index contributed by atoms with van der Waals surface area (Å²) in [6.07, 6.45) is 1.24. The number of amides is 2. The summed E-state index contributed by atoms with van der Waals surface area (Å²) >= 11 is 3.53. The van der Waals surface area contributed by atoms with E-state index in [0.29, 0.717) is 12.1 Å². The van der Waals surface area contributed by atoms with Crippen molar-refractivity contribution in [3.05, 3.63) is 36.9 Å². The van der Waals surface area contributed by atoms with Gasteiger partial charge in [0.15, 0.2) is 0 Å². The maximum absolute atomic E-state index is 14.2. The summed E-state index contributed by atoms with van der Waals surface area (Å²) in [7, 11) is 0. The molecule has 3 aliphatic rings. The van der Waals surface area contributed by atoms with Gasteiger partial charge in [-0.05, 0) is 44.5 Å². The van der Waals surface area contributed by atoms with Crippen molar-refractivity contribution in [3.63, 3.8) is 0 Å². The number of carboxylic acid groups (broad SMARTS) is 1. The average Bonchev–Trinajstić information content (AvgIpc) is 3.42. The molecule has 1 aromatic carbocycles. The zero-order valence-corrected chi connectivity index (χ0v) is 21.6. The van der Waals surface area contributed by atoms with E-state index in [1.807, 2.05) is 24.3 Å². The summed E-state index contributed by atoms with van der Waals surface area (Å²) < 4.78 is 6.24. The summed E-state index contributed by atoms with van der Waals surface area (Å²) in [6, 6.07) is 6.56. The lowest BCUT2D eigenvalue weighted by Gasteiger charge is -2.37. The van der Waals surface area contributed by atoms with E-state index in [4.69, 9.17) is 4.74 Å². The minimum Gasteiger partial charge on any atom is -0.481 e. The molecule has 3 unspecified atom stereocenters. The van der Waals surface area contributed by atoms with E-state index in [2.05, 4.69) is 41.3 Å². The number of alkyl halides is 1. The standard InChI is InChI=1S/C25H32BrN3O6/c1-4-11-28(16-9-7-15(8-10-16)27(5-2)6-3)23(32)21-25-14-17(26)20(35-25)18(24(33)34)19(25)22(31)29(21)12-13-30/h4,7-10,17-21,30H,1,5-6,11-14H2,2-3H3,(H,33,34)/t17?,18-,19+,20-,21?,25?/m1/s1. The van der Waals surface area contributed by atoms with Gasteiger partial charge in [0.25, 0.3) is 5.91 Å². The molecule has 9 nitrogen and oxygen atoms in total. The van der Waals surface area contributed by atoms with E-state index in [1.165, 1.54) is 4.90 Å². The van der Waals surface area contributed by atoms with Crippen molar-refractivity contribution in [1.29, 1.82) is 0 Å². The molecule has 3 heterocycles. The van der Waals surface area contributed by atoms with Crippen LogP contribution >= 0.6 is 15.9 Å². The van der Waals surface area contributed by atoms with Crippen LogP contribution in [0.5, 0.6) is 0 Å². The molecule has 190 valence electrons. The quantitative estimate of drug-likeness (QED) is 0.338. The number of aliphatic hydroxyl groups is 1. The number of hydrogen-bond donors (Lipinski definition) is 2. The van der Waals surface area contributed by atoms with Crippen LogP contribution in [0.4, 0.5) is 11.4 Å². The largest absolute Gasteiger partial charge is 0.481 e. The third-order valence-corrected chi connectivity index (χ3v) is 8.36. The molecule has 0 aromatic heterocycles. The Bertz CT molecular complexity index is 999. The number of carboxylic acids is 1. The van der Waals surface area contributed by atoms with Crippen LogP contribution in [0, 0.1) is 11.8 Å². The van der Waals surface area contributed by atoms with Crippen molar-refractivity contribution in [2.75, 3.05) is 42.6 Å². The van der Waals surface area contributed by atoms with Crippen LogP contribution in [-0.2, 0) is 19.1 Å². The molecule has 3 aliphatic heterocycles. The molecule has 2 N–H and O–H groups in total. The molecule has 1 aromatic rings. The highest BCUT2D eigenvalue weighted by Gasteiger charge is 2.76. The Balaban J connectivity index is 1.74. The van der Waals surface area contributed by atoms with E-state index in [9.17, 15) is 24.6 Å². The third kappa shape index (κ3) is 3.95. The van der Waals surface area contributed by atoms with E-state index in [1.54, 1.807) is 11.0 Å². The summed E-state index contributed by atoms with van der Waals surface area (Å²) in [4.78, 5) is 44.5. The van der Waals surface area contributed by atoms with Crippen LogP contribution in [0.2, 0.25) is 0 Å². The fourth-order valence-corrected chi connectivity index (χ4v) is 7.01. The molecule has 6 atom stereocenters. The van der Waals surface area contributed by atoms with Gasteiger partial charge < -0.3 is 29.6 Å². The number of rotatable bonds is 10. The molecular weight excluding hydrogens is 518 g/mol. The zero-order chi connectivity index (χ0) is 25.5. The van der Waals surface area contributed by atoms with Gasteiger partial charge in [-0.15, -0.1) is 6.58 Å². The number of hydrogen-bond acceptors (Lipinski definition) is 6. The lowest BCUT2D eigenvalue weighted by atomic mass is 9.70. The molecular formula is C25H32BrN3O6. The van der Waals surface area contributed by atoms with Crippen molar-refractivity contribution < 1.29 is 29.3 Å². The number of aliphatic hydroxyl groups excluding tert-OH is 1. The van der Waals surface area contributed by atoms with Gasteiger partial charge in [0.05, 0.1) is 24.5 Å². The Kier molecular flexibility index (Phi) is 7.26. The van der Waals surface area contributed by atoms with Gasteiger partial charge in [-0.25, -0.2) is 0 Å². The Morgan fingerprint density at radius 3 is 2.43 bits per heavy atom. The zero-order valence-electron chi connectivity index (χ0n) is 20.0. The first-order valence-electron chi connectivity index (χ1n) is 12.0. The normalized spacial score (nSPS) is 30.9. The van der Waals surface area contributed by atoms with E-state index >= 15 is 0 Å². The van der Waals surface area contributed by atoms with Crippen molar-refractivity contribution in [3.8, 4) is 0 Å². The number of anilines is 2. The first kappa shape index (κ1) is 25.7. The van der Waals surface area contributed by atoms with Crippen LogP contribution in [0.1, 0.15) is 20.3 Å². The number of likely N-dealkylation sites (tertiary alicyclic amines) is 1. The van der Waals surface area contributed by atoms with E-state index < -0.39 is 41.5 Å². The predicted molar refractivity (Wildman–Crippen MR) is 135 cm³/mol. The van der Waals surface area contributed by atoms with Gasteiger partial charge in [-0.1, -0.05) is 22.0 Å². The maximum Gasteiger partial charge on any atom is 0.310 e. The molecule has 3 saturated heterocycles. The Labute approximate surface area is 213 Å². The number of nitrogens with zero attached hydrogens (tertiary/aromatic N) is 3. The minimum atomic E-state index is -1.27. The molecule has 2 amide bonds. The van der Waals surface area contributed by atoms with Gasteiger partial charge in [-0.3, -0.25) is 14.4 Å². The number of β-amino-alcohol motifs (C(OH)–C–C–N with tert-alkyl or cyclic N) is 1. The average molecular weight is 550 g/mol. The first-order valence-corrected chi connectivity index (χ1v) is 12.9. The fraction of sp³-hybridized carbons (Fsp3) is 0.560.